The van der Waals surface area contributed by atoms with Crippen molar-refractivity contribution in [1.29, 1.82) is 0 Å². The second-order valence-electron chi connectivity index (χ2n) is 7.16. The Kier molecular flexibility index (Phi) is 6.68. The van der Waals surface area contributed by atoms with Gasteiger partial charge in [-0.1, -0.05) is 59.7 Å². The van der Waals surface area contributed by atoms with Crippen molar-refractivity contribution < 1.29 is 22.7 Å². The highest BCUT2D eigenvalue weighted by molar-refractivity contribution is 7.89. The number of rotatable bonds is 7. The lowest BCUT2D eigenvalue weighted by Crippen LogP contribution is -2.21. The second-order valence-corrected chi connectivity index (χ2v) is 9.04. The monoisotopic (exact) mass is 437 g/mol. The Hall–Kier alpha value is -3.29. The first kappa shape index (κ1) is 22.4. The van der Waals surface area contributed by atoms with Gasteiger partial charge >= 0.3 is 5.97 Å². The van der Waals surface area contributed by atoms with Crippen LogP contribution >= 0.6 is 0 Å². The van der Waals surface area contributed by atoms with E-state index in [9.17, 15) is 18.0 Å². The molecule has 7 heteroatoms. The number of benzene rings is 3. The lowest BCUT2D eigenvalue weighted by molar-refractivity contribution is 0.0280. The van der Waals surface area contributed by atoms with Crippen LogP contribution in [0.4, 0.5) is 0 Å². The lowest BCUT2D eigenvalue weighted by Gasteiger charge is -2.18. The van der Waals surface area contributed by atoms with Gasteiger partial charge in [0, 0.05) is 11.1 Å². The van der Waals surface area contributed by atoms with E-state index < -0.39 is 22.1 Å². The lowest BCUT2D eigenvalue weighted by atomic mass is 9.98. The number of nitrogens with one attached hydrogen (secondary N) is 1. The Morgan fingerprint density at radius 3 is 1.77 bits per heavy atom. The molecule has 1 unspecified atom stereocenters. The number of carbonyl (C=O) groups excluding carboxylic acids is 2. The molecule has 0 spiro atoms. The van der Waals surface area contributed by atoms with Crippen LogP contribution < -0.4 is 4.72 Å². The van der Waals surface area contributed by atoms with Gasteiger partial charge in [0.05, 0.1) is 10.5 Å². The van der Waals surface area contributed by atoms with Crippen LogP contribution in [0.15, 0.2) is 77.7 Å². The van der Waals surface area contributed by atoms with Crippen molar-refractivity contribution in [2.24, 2.45) is 0 Å². The van der Waals surface area contributed by atoms with Crippen LogP contribution in [-0.4, -0.2) is 27.2 Å². The SMILES string of the molecule is CNS(=O)(=O)c1ccc(C(=O)OC(C(=O)c2ccc(C)cc2)c2ccc(C)cc2)cc1. The van der Waals surface area contributed by atoms with Crippen molar-refractivity contribution >= 4 is 21.8 Å². The summed E-state index contributed by atoms with van der Waals surface area (Å²) in [6.45, 7) is 3.84. The molecule has 0 fully saturated rings. The molecule has 0 aliphatic carbocycles. The molecule has 6 nitrogen and oxygen atoms in total. The number of esters is 1. The van der Waals surface area contributed by atoms with Crippen LogP contribution in [-0.2, 0) is 14.8 Å². The number of sulfonamides is 1. The normalized spacial score (nSPS) is 12.2. The highest BCUT2D eigenvalue weighted by Gasteiger charge is 2.27. The zero-order valence-corrected chi connectivity index (χ0v) is 18.3. The summed E-state index contributed by atoms with van der Waals surface area (Å²) in [6, 6.07) is 19.6. The van der Waals surface area contributed by atoms with Crippen LogP contribution in [0.3, 0.4) is 0 Å². The maximum atomic E-state index is 13.2. The number of hydrogen-bond acceptors (Lipinski definition) is 5. The third-order valence-electron chi connectivity index (χ3n) is 4.85. The number of ether oxygens (including phenoxy) is 1. The summed E-state index contributed by atoms with van der Waals surface area (Å²) in [6.07, 6.45) is -1.13. The first-order valence-electron chi connectivity index (χ1n) is 9.63. The summed E-state index contributed by atoms with van der Waals surface area (Å²) in [5.74, 6) is -1.06. The van der Waals surface area contributed by atoms with Gasteiger partial charge in [0.25, 0.3) is 0 Å². The van der Waals surface area contributed by atoms with E-state index in [-0.39, 0.29) is 16.2 Å². The zero-order valence-electron chi connectivity index (χ0n) is 17.5. The minimum absolute atomic E-state index is 0.0253. The molecule has 0 bridgehead atoms. The van der Waals surface area contributed by atoms with E-state index in [0.717, 1.165) is 11.1 Å². The van der Waals surface area contributed by atoms with E-state index in [2.05, 4.69) is 4.72 Å². The predicted molar refractivity (Wildman–Crippen MR) is 118 cm³/mol. The van der Waals surface area contributed by atoms with Gasteiger partial charge in [-0.05, 0) is 45.2 Å². The molecule has 1 N–H and O–H groups in total. The zero-order chi connectivity index (χ0) is 22.6. The summed E-state index contributed by atoms with van der Waals surface area (Å²) < 4.78 is 31.6. The standard InChI is InChI=1S/C24H23NO5S/c1-16-4-8-18(9-5-16)22(26)23(19-10-6-17(2)7-11-19)30-24(27)20-12-14-21(15-13-20)31(28,29)25-3/h4-15,23,25H,1-3H3. The topological polar surface area (TPSA) is 89.5 Å². The first-order chi connectivity index (χ1) is 14.7. The van der Waals surface area contributed by atoms with Gasteiger partial charge in [0.1, 0.15) is 0 Å². The molecule has 1 atom stereocenters. The van der Waals surface area contributed by atoms with Crippen LogP contribution in [0.2, 0.25) is 0 Å². The summed E-state index contributed by atoms with van der Waals surface area (Å²) >= 11 is 0. The predicted octanol–water partition coefficient (Wildman–Crippen LogP) is 3.99. The minimum atomic E-state index is -3.62. The fourth-order valence-electron chi connectivity index (χ4n) is 2.95. The highest BCUT2D eigenvalue weighted by Crippen LogP contribution is 2.25. The molecule has 0 saturated carbocycles. The molecule has 0 amide bonds. The molecule has 0 saturated heterocycles. The number of ketones is 1. The van der Waals surface area contributed by atoms with E-state index in [0.29, 0.717) is 11.1 Å². The van der Waals surface area contributed by atoms with Crippen molar-refractivity contribution in [3.05, 3.63) is 101 Å². The molecule has 0 aromatic heterocycles. The maximum Gasteiger partial charge on any atom is 0.339 e. The summed E-state index contributed by atoms with van der Waals surface area (Å²) in [5.41, 5.74) is 3.15. The Morgan fingerprint density at radius 2 is 1.26 bits per heavy atom. The molecule has 0 heterocycles. The van der Waals surface area contributed by atoms with Gasteiger partial charge in [-0.25, -0.2) is 17.9 Å². The molecule has 3 aromatic rings. The van der Waals surface area contributed by atoms with Crippen LogP contribution in [0.5, 0.6) is 0 Å². The van der Waals surface area contributed by atoms with Crippen LogP contribution in [0, 0.1) is 13.8 Å². The Balaban J connectivity index is 1.91. The van der Waals surface area contributed by atoms with Gasteiger partial charge in [-0.2, -0.15) is 0 Å². The van der Waals surface area contributed by atoms with E-state index in [4.69, 9.17) is 4.74 Å². The van der Waals surface area contributed by atoms with Crippen LogP contribution in [0.1, 0.15) is 43.5 Å². The highest BCUT2D eigenvalue weighted by atomic mass is 32.2. The quantitative estimate of drug-likeness (QED) is 0.446. The molecule has 160 valence electrons. The van der Waals surface area contributed by atoms with Gasteiger partial charge in [-0.3, -0.25) is 4.79 Å². The van der Waals surface area contributed by atoms with Gasteiger partial charge < -0.3 is 4.74 Å². The minimum Gasteiger partial charge on any atom is -0.445 e. The molecule has 0 aliphatic heterocycles. The smallest absolute Gasteiger partial charge is 0.339 e. The van der Waals surface area contributed by atoms with Crippen molar-refractivity contribution in [3.8, 4) is 0 Å². The largest absolute Gasteiger partial charge is 0.445 e. The molecule has 3 rings (SSSR count). The van der Waals surface area contributed by atoms with Crippen LogP contribution in [0.25, 0.3) is 0 Å². The number of carbonyl (C=O) groups is 2. The fourth-order valence-corrected chi connectivity index (χ4v) is 3.68. The molecule has 3 aromatic carbocycles. The average Bonchev–Trinajstić information content (AvgIpc) is 2.78. The third kappa shape index (κ3) is 5.25. The summed E-state index contributed by atoms with van der Waals surface area (Å²) in [5, 5.41) is 0. The fraction of sp³-hybridized carbons (Fsp3) is 0.167. The number of aryl methyl sites for hydroxylation is 2. The molecular weight excluding hydrogens is 414 g/mol. The number of hydrogen-bond donors (Lipinski definition) is 1. The Labute approximate surface area is 181 Å². The Bertz CT molecular complexity index is 1180. The summed E-state index contributed by atoms with van der Waals surface area (Å²) in [7, 11) is -2.31. The van der Waals surface area contributed by atoms with E-state index in [1.807, 2.05) is 38.1 Å². The first-order valence-corrected chi connectivity index (χ1v) is 11.1. The van der Waals surface area contributed by atoms with Crippen molar-refractivity contribution in [3.63, 3.8) is 0 Å². The van der Waals surface area contributed by atoms with E-state index in [1.165, 1.54) is 31.3 Å². The van der Waals surface area contributed by atoms with Gasteiger partial charge in [0.2, 0.25) is 15.8 Å². The van der Waals surface area contributed by atoms with Crippen molar-refractivity contribution in [2.45, 2.75) is 24.8 Å². The van der Waals surface area contributed by atoms with Crippen molar-refractivity contribution in [1.82, 2.24) is 4.72 Å². The van der Waals surface area contributed by atoms with Gasteiger partial charge in [0.15, 0.2) is 6.10 Å². The molecule has 0 aliphatic rings. The third-order valence-corrected chi connectivity index (χ3v) is 6.28. The number of Topliss-reactive ketones (excluding diaryl/α,β-unsaturated/α-hetero) is 1. The molecular formula is C24H23NO5S. The molecule has 31 heavy (non-hydrogen) atoms. The van der Waals surface area contributed by atoms with Gasteiger partial charge in [-0.15, -0.1) is 0 Å². The van der Waals surface area contributed by atoms with E-state index >= 15 is 0 Å². The van der Waals surface area contributed by atoms with E-state index in [1.54, 1.807) is 24.3 Å². The average molecular weight is 438 g/mol. The molecule has 0 radical (unpaired) electrons. The summed E-state index contributed by atoms with van der Waals surface area (Å²) in [4.78, 5) is 26.0. The Morgan fingerprint density at radius 1 is 0.774 bits per heavy atom. The second kappa shape index (κ2) is 9.24. The van der Waals surface area contributed by atoms with Crippen molar-refractivity contribution in [2.75, 3.05) is 7.05 Å². The maximum absolute atomic E-state index is 13.2.